The van der Waals surface area contributed by atoms with Crippen molar-refractivity contribution in [2.45, 2.75) is 38.6 Å². The molecule has 2 heterocycles. The Hall–Kier alpha value is -1.42. The molecule has 0 aliphatic carbocycles. The monoisotopic (exact) mass is 545 g/mol. The van der Waals surface area contributed by atoms with E-state index in [1.54, 1.807) is 14.2 Å². The van der Waals surface area contributed by atoms with Crippen LogP contribution < -0.4 is 25.0 Å². The average molecular weight is 546 g/mol. The van der Waals surface area contributed by atoms with Gasteiger partial charge in [0.25, 0.3) is 0 Å². The van der Waals surface area contributed by atoms with Gasteiger partial charge in [0, 0.05) is 63.2 Å². The Kier molecular flexibility index (Phi) is 11.0. The van der Waals surface area contributed by atoms with Crippen LogP contribution in [0.4, 0.5) is 5.69 Å². The maximum absolute atomic E-state index is 5.42. The molecule has 0 aromatic heterocycles. The van der Waals surface area contributed by atoms with Gasteiger partial charge in [0.2, 0.25) is 0 Å². The van der Waals surface area contributed by atoms with Gasteiger partial charge in [-0.25, -0.2) is 0 Å². The van der Waals surface area contributed by atoms with Crippen molar-refractivity contribution in [3.8, 4) is 11.5 Å². The van der Waals surface area contributed by atoms with E-state index in [0.29, 0.717) is 12.0 Å². The predicted molar refractivity (Wildman–Crippen MR) is 140 cm³/mol. The molecule has 1 unspecified atom stereocenters. The molecule has 2 N–H and O–H groups in total. The van der Waals surface area contributed by atoms with Crippen LogP contribution in [0, 0.1) is 5.92 Å². The van der Waals surface area contributed by atoms with E-state index < -0.39 is 0 Å². The van der Waals surface area contributed by atoms with Gasteiger partial charge >= 0.3 is 0 Å². The van der Waals surface area contributed by atoms with Crippen LogP contribution in [0.5, 0.6) is 11.5 Å². The van der Waals surface area contributed by atoms with Crippen molar-refractivity contribution in [1.29, 1.82) is 0 Å². The summed E-state index contributed by atoms with van der Waals surface area (Å²) >= 11 is 0. The Morgan fingerprint density at radius 2 is 1.74 bits per heavy atom. The number of ether oxygens (including phenoxy) is 2. The molecule has 0 amide bonds. The zero-order valence-corrected chi connectivity index (χ0v) is 21.9. The van der Waals surface area contributed by atoms with Gasteiger partial charge in [0.1, 0.15) is 11.5 Å². The number of hydrogen-bond donors (Lipinski definition) is 2. The Labute approximate surface area is 205 Å². The summed E-state index contributed by atoms with van der Waals surface area (Å²) in [6.07, 6.45) is 4.77. The number of nitrogens with one attached hydrogen (secondary N) is 2. The molecule has 2 aliphatic rings. The molecule has 0 radical (unpaired) electrons. The van der Waals surface area contributed by atoms with E-state index in [4.69, 9.17) is 9.47 Å². The number of benzene rings is 1. The molecule has 1 aromatic carbocycles. The molecule has 8 heteroatoms. The zero-order valence-electron chi connectivity index (χ0n) is 19.5. The lowest BCUT2D eigenvalue weighted by Gasteiger charge is -2.35. The van der Waals surface area contributed by atoms with Crippen LogP contribution in [0.1, 0.15) is 32.6 Å². The molecule has 31 heavy (non-hydrogen) atoms. The molecule has 2 fully saturated rings. The lowest BCUT2D eigenvalue weighted by molar-refractivity contribution is 0.183. The van der Waals surface area contributed by atoms with Crippen molar-refractivity contribution in [2.75, 3.05) is 65.4 Å². The van der Waals surface area contributed by atoms with E-state index in [0.717, 1.165) is 62.2 Å². The molecule has 1 atom stereocenters. The number of likely N-dealkylation sites (tertiary alicyclic amines) is 1. The van der Waals surface area contributed by atoms with Gasteiger partial charge in [0.15, 0.2) is 5.96 Å². The number of halogens is 1. The first-order chi connectivity index (χ1) is 14.6. The maximum Gasteiger partial charge on any atom is 0.191 e. The summed E-state index contributed by atoms with van der Waals surface area (Å²) in [5.41, 5.74) is 1.16. The summed E-state index contributed by atoms with van der Waals surface area (Å²) in [5, 5.41) is 7.21. The fourth-order valence-corrected chi connectivity index (χ4v) is 4.49. The lowest BCUT2D eigenvalue weighted by atomic mass is 9.98. The normalized spacial score (nSPS) is 20.7. The number of rotatable bonds is 7. The summed E-state index contributed by atoms with van der Waals surface area (Å²) in [4.78, 5) is 9.42. The van der Waals surface area contributed by atoms with Gasteiger partial charge in [-0.1, -0.05) is 6.92 Å². The number of piperidine rings is 2. The Morgan fingerprint density at radius 3 is 2.32 bits per heavy atom. The summed E-state index contributed by atoms with van der Waals surface area (Å²) in [5.74, 6) is 3.31. The van der Waals surface area contributed by atoms with Crippen molar-refractivity contribution in [3.63, 3.8) is 0 Å². The van der Waals surface area contributed by atoms with E-state index in [1.807, 2.05) is 13.1 Å². The molecular weight excluding hydrogens is 505 g/mol. The van der Waals surface area contributed by atoms with E-state index in [9.17, 15) is 0 Å². The predicted octanol–water partition coefficient (Wildman–Crippen LogP) is 3.19. The Morgan fingerprint density at radius 1 is 1.06 bits per heavy atom. The first-order valence-corrected chi connectivity index (χ1v) is 11.3. The highest BCUT2D eigenvalue weighted by atomic mass is 127. The first-order valence-electron chi connectivity index (χ1n) is 11.3. The second-order valence-corrected chi connectivity index (χ2v) is 8.33. The van der Waals surface area contributed by atoms with Crippen molar-refractivity contribution < 1.29 is 9.47 Å². The van der Waals surface area contributed by atoms with Gasteiger partial charge in [-0.05, 0) is 44.7 Å². The molecule has 0 bridgehead atoms. The minimum atomic E-state index is 0. The third kappa shape index (κ3) is 7.59. The molecule has 2 saturated heterocycles. The topological polar surface area (TPSA) is 61.4 Å². The van der Waals surface area contributed by atoms with Crippen molar-refractivity contribution >= 4 is 35.6 Å². The van der Waals surface area contributed by atoms with Crippen LogP contribution >= 0.6 is 24.0 Å². The van der Waals surface area contributed by atoms with Crippen LogP contribution in [0.25, 0.3) is 0 Å². The minimum absolute atomic E-state index is 0. The van der Waals surface area contributed by atoms with Crippen molar-refractivity contribution in [3.05, 3.63) is 18.2 Å². The standard InChI is InChI=1S/C23H39N5O2.HI/c1-5-27-10-6-7-18(17-27)16-25-23(24-2)26-19-8-11-28(12-9-19)20-13-21(29-3)15-22(14-20)30-4;/h13-15,18-19H,5-12,16-17H2,1-4H3,(H2,24,25,26);1H. The molecule has 3 rings (SSSR count). The Bertz CT molecular complexity index is 672. The largest absolute Gasteiger partial charge is 0.497 e. The van der Waals surface area contributed by atoms with Crippen LogP contribution in [0.15, 0.2) is 23.2 Å². The fourth-order valence-electron chi connectivity index (χ4n) is 4.49. The summed E-state index contributed by atoms with van der Waals surface area (Å²) in [6.45, 7) is 8.85. The molecule has 7 nitrogen and oxygen atoms in total. The number of aliphatic imine (C=N–C) groups is 1. The van der Waals surface area contributed by atoms with Gasteiger partial charge < -0.3 is 29.9 Å². The minimum Gasteiger partial charge on any atom is -0.497 e. The van der Waals surface area contributed by atoms with Crippen LogP contribution in [0.3, 0.4) is 0 Å². The summed E-state index contributed by atoms with van der Waals surface area (Å²) < 4.78 is 10.8. The van der Waals surface area contributed by atoms with Gasteiger partial charge in [-0.15, -0.1) is 24.0 Å². The van der Waals surface area contributed by atoms with Gasteiger partial charge in [-0.3, -0.25) is 4.99 Å². The SMILES string of the molecule is CCN1CCCC(CNC(=NC)NC2CCN(c3cc(OC)cc(OC)c3)CC2)C1.I. The maximum atomic E-state index is 5.42. The lowest BCUT2D eigenvalue weighted by Crippen LogP contribution is -2.50. The van der Waals surface area contributed by atoms with Crippen LogP contribution in [-0.2, 0) is 0 Å². The summed E-state index contributed by atoms with van der Waals surface area (Å²) in [6, 6.07) is 6.53. The number of hydrogen-bond acceptors (Lipinski definition) is 5. The third-order valence-electron chi connectivity index (χ3n) is 6.37. The number of anilines is 1. The van der Waals surface area contributed by atoms with E-state index in [-0.39, 0.29) is 24.0 Å². The second kappa shape index (κ2) is 13.2. The molecule has 0 spiro atoms. The van der Waals surface area contributed by atoms with E-state index in [1.165, 1.54) is 25.9 Å². The molecule has 1 aromatic rings. The summed E-state index contributed by atoms with van der Waals surface area (Å²) in [7, 11) is 5.26. The van der Waals surface area contributed by atoms with Crippen molar-refractivity contribution in [1.82, 2.24) is 15.5 Å². The quantitative estimate of drug-likeness (QED) is 0.312. The van der Waals surface area contributed by atoms with Gasteiger partial charge in [-0.2, -0.15) is 0 Å². The number of guanidine groups is 1. The smallest absolute Gasteiger partial charge is 0.191 e. The third-order valence-corrected chi connectivity index (χ3v) is 6.37. The van der Waals surface area contributed by atoms with Gasteiger partial charge in [0.05, 0.1) is 14.2 Å². The molecular formula is C23H40IN5O2. The Balaban J connectivity index is 0.00000341. The highest BCUT2D eigenvalue weighted by Crippen LogP contribution is 2.30. The molecule has 176 valence electrons. The first kappa shape index (κ1) is 25.8. The molecule has 0 saturated carbocycles. The van der Waals surface area contributed by atoms with Crippen molar-refractivity contribution in [2.24, 2.45) is 10.9 Å². The van der Waals surface area contributed by atoms with Crippen LogP contribution in [-0.4, -0.2) is 77.4 Å². The zero-order chi connectivity index (χ0) is 21.3. The highest BCUT2D eigenvalue weighted by Gasteiger charge is 2.22. The number of methoxy groups -OCH3 is 2. The number of nitrogens with zero attached hydrogens (tertiary/aromatic N) is 3. The van der Waals surface area contributed by atoms with E-state index >= 15 is 0 Å². The molecule has 2 aliphatic heterocycles. The average Bonchev–Trinajstić information content (AvgIpc) is 2.81. The van der Waals surface area contributed by atoms with Crippen LogP contribution in [0.2, 0.25) is 0 Å². The highest BCUT2D eigenvalue weighted by molar-refractivity contribution is 14.0. The second-order valence-electron chi connectivity index (χ2n) is 8.33. The van der Waals surface area contributed by atoms with E-state index in [2.05, 4.69) is 44.5 Å². The fraction of sp³-hybridized carbons (Fsp3) is 0.696.